The van der Waals surface area contributed by atoms with Crippen LogP contribution in [0.3, 0.4) is 0 Å². The van der Waals surface area contributed by atoms with Gasteiger partial charge in [0.2, 0.25) is 0 Å². The third-order valence-corrected chi connectivity index (χ3v) is 4.79. The summed E-state index contributed by atoms with van der Waals surface area (Å²) in [4.78, 5) is 19.9. The maximum atomic E-state index is 12.5. The quantitative estimate of drug-likeness (QED) is 0.893. The molecule has 2 fully saturated rings. The number of ether oxygens (including phenoxy) is 2. The van der Waals surface area contributed by atoms with Crippen LogP contribution in [0.5, 0.6) is 0 Å². The summed E-state index contributed by atoms with van der Waals surface area (Å²) >= 11 is 0. The Morgan fingerprint density at radius 3 is 3.18 bits per heavy atom. The molecule has 0 unspecified atom stereocenters. The Labute approximate surface area is 128 Å². The van der Waals surface area contributed by atoms with E-state index in [-0.39, 0.29) is 24.0 Å². The average molecular weight is 301 g/mol. The van der Waals surface area contributed by atoms with Gasteiger partial charge in [-0.3, -0.25) is 4.79 Å². The molecule has 1 aliphatic carbocycles. The second kappa shape index (κ2) is 5.37. The van der Waals surface area contributed by atoms with E-state index in [1.165, 1.54) is 0 Å². The van der Waals surface area contributed by atoms with Crippen LogP contribution in [-0.4, -0.2) is 48.3 Å². The van der Waals surface area contributed by atoms with E-state index in [1.54, 1.807) is 7.11 Å². The number of rotatable bonds is 4. The molecule has 1 aromatic carbocycles. The van der Waals surface area contributed by atoms with Crippen LogP contribution in [0.4, 0.5) is 0 Å². The highest BCUT2D eigenvalue weighted by Gasteiger charge is 2.54. The van der Waals surface area contributed by atoms with Crippen molar-refractivity contribution < 1.29 is 14.3 Å². The van der Waals surface area contributed by atoms with Gasteiger partial charge in [0.1, 0.15) is 0 Å². The summed E-state index contributed by atoms with van der Waals surface area (Å²) in [6, 6.07) is 7.74. The van der Waals surface area contributed by atoms with E-state index in [1.807, 2.05) is 24.3 Å². The van der Waals surface area contributed by atoms with Crippen molar-refractivity contribution in [1.29, 1.82) is 0 Å². The molecule has 2 N–H and O–H groups in total. The Balaban J connectivity index is 1.51. The van der Waals surface area contributed by atoms with Crippen LogP contribution in [0, 0.1) is 11.8 Å². The summed E-state index contributed by atoms with van der Waals surface area (Å²) in [7, 11) is 1.68. The van der Waals surface area contributed by atoms with Crippen molar-refractivity contribution in [3.63, 3.8) is 0 Å². The third-order valence-electron chi connectivity index (χ3n) is 4.79. The second-order valence-corrected chi connectivity index (χ2v) is 6.01. The van der Waals surface area contributed by atoms with Crippen LogP contribution in [0.2, 0.25) is 0 Å². The number of carbonyl (C=O) groups excluding carboxylic acids is 1. The van der Waals surface area contributed by atoms with Gasteiger partial charge < -0.3 is 19.8 Å². The van der Waals surface area contributed by atoms with Gasteiger partial charge in [0.15, 0.2) is 5.82 Å². The van der Waals surface area contributed by atoms with E-state index in [4.69, 9.17) is 9.47 Å². The van der Waals surface area contributed by atoms with Gasteiger partial charge in [-0.05, 0) is 18.6 Å². The number of hydrogen-bond donors (Lipinski definition) is 2. The Morgan fingerprint density at radius 2 is 2.36 bits per heavy atom. The van der Waals surface area contributed by atoms with Gasteiger partial charge in [-0.1, -0.05) is 12.1 Å². The topological polar surface area (TPSA) is 76.2 Å². The molecule has 6 nitrogen and oxygen atoms in total. The number of hydrogen-bond acceptors (Lipinski definition) is 4. The molecule has 1 amide bonds. The Morgan fingerprint density at radius 1 is 1.50 bits per heavy atom. The number of aromatic nitrogens is 2. The molecule has 2 aromatic rings. The molecular formula is C16H19N3O3. The lowest BCUT2D eigenvalue weighted by atomic mass is 9.67. The van der Waals surface area contributed by atoms with E-state index in [0.29, 0.717) is 18.3 Å². The van der Waals surface area contributed by atoms with Crippen molar-refractivity contribution in [3.05, 3.63) is 30.1 Å². The minimum Gasteiger partial charge on any atom is -0.384 e. The Kier molecular flexibility index (Phi) is 3.35. The van der Waals surface area contributed by atoms with Crippen molar-refractivity contribution in [3.8, 4) is 0 Å². The zero-order chi connectivity index (χ0) is 15.1. The molecule has 1 aliphatic heterocycles. The first-order valence-electron chi connectivity index (χ1n) is 7.64. The van der Waals surface area contributed by atoms with Crippen molar-refractivity contribution >= 4 is 16.9 Å². The largest absolute Gasteiger partial charge is 0.384 e. The maximum Gasteiger partial charge on any atom is 0.287 e. The fourth-order valence-electron chi connectivity index (χ4n) is 3.71. The van der Waals surface area contributed by atoms with Gasteiger partial charge in [-0.25, -0.2) is 4.98 Å². The number of carbonyl (C=O) groups is 1. The molecule has 116 valence electrons. The van der Waals surface area contributed by atoms with Crippen LogP contribution in [0.1, 0.15) is 17.0 Å². The highest BCUT2D eigenvalue weighted by atomic mass is 16.5. The predicted molar refractivity (Wildman–Crippen MR) is 80.6 cm³/mol. The molecule has 0 radical (unpaired) electrons. The first-order chi connectivity index (χ1) is 10.8. The molecule has 1 saturated heterocycles. The minimum atomic E-state index is -0.160. The lowest BCUT2D eigenvalue weighted by Gasteiger charge is -2.47. The zero-order valence-corrected chi connectivity index (χ0v) is 12.4. The van der Waals surface area contributed by atoms with Crippen molar-refractivity contribution in [2.45, 2.75) is 18.6 Å². The molecule has 1 saturated carbocycles. The first kappa shape index (κ1) is 13.7. The van der Waals surface area contributed by atoms with Gasteiger partial charge in [-0.2, -0.15) is 0 Å². The molecule has 22 heavy (non-hydrogen) atoms. The number of nitrogens with one attached hydrogen (secondary N) is 2. The zero-order valence-electron chi connectivity index (χ0n) is 12.4. The van der Waals surface area contributed by atoms with Crippen LogP contribution in [-0.2, 0) is 9.47 Å². The maximum absolute atomic E-state index is 12.5. The summed E-state index contributed by atoms with van der Waals surface area (Å²) in [5.74, 6) is 0.826. The fourth-order valence-corrected chi connectivity index (χ4v) is 3.71. The number of benzene rings is 1. The summed E-state index contributed by atoms with van der Waals surface area (Å²) in [5, 5.41) is 3.11. The van der Waals surface area contributed by atoms with Gasteiger partial charge in [0.05, 0.1) is 23.7 Å². The Bertz CT molecular complexity index is 666. The standard InChI is InChI=1S/C16H19N3O3/c1-21-8-10-13(9-6-7-22-14(9)10)19-16(20)15-17-11-4-2-3-5-12(11)18-15/h2-5,9-10,13-14H,6-8H2,1H3,(H,17,18)(H,19,20)/t9-,10+,13+,14-/m0/s1. The Hall–Kier alpha value is -1.92. The molecule has 1 aromatic heterocycles. The number of H-pyrrole nitrogens is 1. The van der Waals surface area contributed by atoms with Gasteiger partial charge in [0.25, 0.3) is 5.91 Å². The van der Waals surface area contributed by atoms with Crippen molar-refractivity contribution in [2.75, 3.05) is 20.3 Å². The number of methoxy groups -OCH3 is 1. The lowest BCUT2D eigenvalue weighted by Crippen LogP contribution is -2.62. The molecule has 4 rings (SSSR count). The minimum absolute atomic E-state index is 0.105. The van der Waals surface area contributed by atoms with Gasteiger partial charge >= 0.3 is 0 Å². The summed E-state index contributed by atoms with van der Waals surface area (Å²) in [6.07, 6.45) is 1.22. The number of para-hydroxylation sites is 2. The summed E-state index contributed by atoms with van der Waals surface area (Å²) in [5.41, 5.74) is 1.67. The number of amides is 1. The van der Waals surface area contributed by atoms with Crippen LogP contribution in [0.15, 0.2) is 24.3 Å². The molecule has 2 aliphatic rings. The number of fused-ring (bicyclic) bond motifs is 2. The smallest absolute Gasteiger partial charge is 0.287 e. The number of nitrogens with zero attached hydrogens (tertiary/aromatic N) is 1. The molecule has 2 heterocycles. The highest BCUT2D eigenvalue weighted by Crippen LogP contribution is 2.43. The summed E-state index contributed by atoms with van der Waals surface area (Å²) < 4.78 is 11.0. The van der Waals surface area contributed by atoms with Crippen molar-refractivity contribution in [2.24, 2.45) is 11.8 Å². The molecule has 6 heteroatoms. The summed E-state index contributed by atoms with van der Waals surface area (Å²) in [6.45, 7) is 1.37. The lowest BCUT2D eigenvalue weighted by molar-refractivity contribution is -0.0810. The SMILES string of the molecule is COC[C@@H]1[C@H](NC(=O)c2nc3ccccc3[nH]2)[C@@H]2CCO[C@H]12. The van der Waals surface area contributed by atoms with E-state index in [0.717, 1.165) is 24.1 Å². The van der Waals surface area contributed by atoms with E-state index >= 15 is 0 Å². The number of imidazole rings is 1. The fraction of sp³-hybridized carbons (Fsp3) is 0.500. The second-order valence-electron chi connectivity index (χ2n) is 6.01. The first-order valence-corrected chi connectivity index (χ1v) is 7.64. The average Bonchev–Trinajstić information content (AvgIpc) is 3.14. The number of aromatic amines is 1. The van der Waals surface area contributed by atoms with E-state index in [9.17, 15) is 4.79 Å². The third kappa shape index (κ3) is 2.10. The highest BCUT2D eigenvalue weighted by molar-refractivity contribution is 5.94. The van der Waals surface area contributed by atoms with E-state index < -0.39 is 0 Å². The molecule has 4 atom stereocenters. The van der Waals surface area contributed by atoms with Gasteiger partial charge in [-0.15, -0.1) is 0 Å². The normalized spacial score (nSPS) is 30.0. The van der Waals surface area contributed by atoms with Gasteiger partial charge in [0, 0.05) is 31.6 Å². The van der Waals surface area contributed by atoms with Crippen LogP contribution < -0.4 is 5.32 Å². The van der Waals surface area contributed by atoms with E-state index in [2.05, 4.69) is 15.3 Å². The van der Waals surface area contributed by atoms with Crippen molar-refractivity contribution in [1.82, 2.24) is 15.3 Å². The monoisotopic (exact) mass is 301 g/mol. The van der Waals surface area contributed by atoms with Crippen LogP contribution >= 0.6 is 0 Å². The molecule has 0 bridgehead atoms. The molecule has 0 spiro atoms. The van der Waals surface area contributed by atoms with Crippen LogP contribution in [0.25, 0.3) is 11.0 Å². The molecular weight excluding hydrogens is 282 g/mol. The predicted octanol–water partition coefficient (Wildman–Crippen LogP) is 1.34.